The molecule has 0 bridgehead atoms. The molecule has 0 radical (unpaired) electrons. The second kappa shape index (κ2) is 12.4. The summed E-state index contributed by atoms with van der Waals surface area (Å²) in [7, 11) is 0. The number of rotatable bonds is 10. The molecule has 0 aliphatic rings. The van der Waals surface area contributed by atoms with Gasteiger partial charge in [0.25, 0.3) is 0 Å². The molecule has 0 fully saturated rings. The number of unbranched alkanes of at least 4 members (excludes halogenated alkanes) is 4. The van der Waals surface area contributed by atoms with Crippen LogP contribution >= 0.6 is 0 Å². The molecular weight excluding hydrogens is 512 g/mol. The third kappa shape index (κ3) is 5.58. The van der Waals surface area contributed by atoms with Gasteiger partial charge in [0.2, 0.25) is 0 Å². The molecule has 6 aromatic carbocycles. The first-order valence-corrected chi connectivity index (χ1v) is 15.1. The largest absolute Gasteiger partial charge is 0.507 e. The van der Waals surface area contributed by atoms with Gasteiger partial charge in [-0.15, -0.1) is 0 Å². The molecule has 6 aromatic rings. The molecule has 0 unspecified atom stereocenters. The average molecular weight is 549 g/mol. The predicted molar refractivity (Wildman–Crippen MR) is 177 cm³/mol. The van der Waals surface area contributed by atoms with E-state index in [0.717, 1.165) is 74.2 Å². The molecule has 0 amide bonds. The summed E-state index contributed by atoms with van der Waals surface area (Å²) >= 11 is 0. The van der Waals surface area contributed by atoms with Gasteiger partial charge in [0.05, 0.1) is 5.56 Å². The van der Waals surface area contributed by atoms with Gasteiger partial charge in [0, 0.05) is 12.0 Å². The van der Waals surface area contributed by atoms with Crippen molar-refractivity contribution in [2.45, 2.75) is 45.4 Å². The van der Waals surface area contributed by atoms with Crippen LogP contribution in [-0.2, 0) is 0 Å². The normalized spacial score (nSPS) is 11.3. The standard InChI is InChI=1S/C40H36O2/c1-2-3-4-5-12-20-38(41)37-27-33-26-31(29-16-10-7-11-17-29)22-24-35(33)39(40(37)42)36-19-13-18-32-25-30(21-23-34(32)36)28-14-8-6-9-15-28/h6-11,13-19,21-27,42H,2-5,12,20H2,1H3. The third-order valence-corrected chi connectivity index (χ3v) is 8.28. The fourth-order valence-electron chi connectivity index (χ4n) is 6.03. The lowest BCUT2D eigenvalue weighted by molar-refractivity contribution is 0.0976. The summed E-state index contributed by atoms with van der Waals surface area (Å²) in [6.45, 7) is 2.19. The number of phenolic OH excluding ortho intramolecular Hbond substituents is 1. The Hall–Kier alpha value is -4.69. The molecule has 2 heteroatoms. The highest BCUT2D eigenvalue weighted by Crippen LogP contribution is 2.44. The first-order chi connectivity index (χ1) is 20.6. The smallest absolute Gasteiger partial charge is 0.166 e. The molecule has 1 N–H and O–H groups in total. The quantitative estimate of drug-likeness (QED) is 0.137. The SMILES string of the molecule is CCCCCCCC(=O)c1cc2cc(-c3ccccc3)ccc2c(-c2cccc3cc(-c4ccccc4)ccc23)c1O. The number of carbonyl (C=O) groups is 1. The van der Waals surface area contributed by atoms with Crippen LogP contribution in [0.5, 0.6) is 5.75 Å². The first-order valence-electron chi connectivity index (χ1n) is 15.1. The highest BCUT2D eigenvalue weighted by Gasteiger charge is 2.21. The van der Waals surface area contributed by atoms with Gasteiger partial charge in [0.1, 0.15) is 5.75 Å². The topological polar surface area (TPSA) is 37.3 Å². The van der Waals surface area contributed by atoms with E-state index in [4.69, 9.17) is 0 Å². The van der Waals surface area contributed by atoms with Crippen LogP contribution in [0.3, 0.4) is 0 Å². The number of hydrogen-bond donors (Lipinski definition) is 1. The van der Waals surface area contributed by atoms with Gasteiger partial charge in [-0.2, -0.15) is 0 Å². The molecule has 2 nitrogen and oxygen atoms in total. The van der Waals surface area contributed by atoms with Gasteiger partial charge in [0.15, 0.2) is 5.78 Å². The van der Waals surface area contributed by atoms with Crippen LogP contribution in [-0.4, -0.2) is 10.9 Å². The monoisotopic (exact) mass is 548 g/mol. The molecule has 6 rings (SSSR count). The zero-order chi connectivity index (χ0) is 28.9. The molecule has 0 aromatic heterocycles. The molecule has 208 valence electrons. The van der Waals surface area contributed by atoms with Crippen molar-refractivity contribution in [3.8, 4) is 39.1 Å². The van der Waals surface area contributed by atoms with Crippen LogP contribution in [0.1, 0.15) is 55.8 Å². The minimum atomic E-state index is 0.00358. The minimum Gasteiger partial charge on any atom is -0.507 e. The van der Waals surface area contributed by atoms with Crippen molar-refractivity contribution in [3.63, 3.8) is 0 Å². The van der Waals surface area contributed by atoms with Crippen LogP contribution in [0.25, 0.3) is 54.9 Å². The highest BCUT2D eigenvalue weighted by atomic mass is 16.3. The Kier molecular flexibility index (Phi) is 8.14. The van der Waals surface area contributed by atoms with E-state index in [1.54, 1.807) is 0 Å². The fourth-order valence-corrected chi connectivity index (χ4v) is 6.03. The maximum atomic E-state index is 13.6. The van der Waals surface area contributed by atoms with Crippen LogP contribution < -0.4 is 0 Å². The van der Waals surface area contributed by atoms with Crippen molar-refractivity contribution in [3.05, 3.63) is 127 Å². The Morgan fingerprint density at radius 2 is 1.19 bits per heavy atom. The number of fused-ring (bicyclic) bond motifs is 2. The van der Waals surface area contributed by atoms with Gasteiger partial charge < -0.3 is 5.11 Å². The number of Topliss-reactive ketones (excluding diaryl/α,β-unsaturated/α-hetero) is 1. The second-order valence-electron chi connectivity index (χ2n) is 11.1. The molecule has 0 aliphatic carbocycles. The van der Waals surface area contributed by atoms with Gasteiger partial charge in [-0.1, -0.05) is 136 Å². The zero-order valence-corrected chi connectivity index (χ0v) is 24.1. The molecule has 42 heavy (non-hydrogen) atoms. The van der Waals surface area contributed by atoms with Gasteiger partial charge in [-0.25, -0.2) is 0 Å². The lowest BCUT2D eigenvalue weighted by atomic mass is 9.88. The lowest BCUT2D eigenvalue weighted by Gasteiger charge is -2.17. The molecule has 0 aliphatic heterocycles. The summed E-state index contributed by atoms with van der Waals surface area (Å²) in [5.41, 5.74) is 6.58. The van der Waals surface area contributed by atoms with Crippen molar-refractivity contribution >= 4 is 27.3 Å². The Balaban J connectivity index is 1.50. The molecule has 0 saturated carbocycles. The van der Waals surface area contributed by atoms with Crippen molar-refractivity contribution in [2.75, 3.05) is 0 Å². The van der Waals surface area contributed by atoms with E-state index >= 15 is 0 Å². The Bertz CT molecular complexity index is 1850. The Morgan fingerprint density at radius 1 is 0.571 bits per heavy atom. The molecule has 0 saturated heterocycles. The number of benzene rings is 6. The highest BCUT2D eigenvalue weighted by molar-refractivity contribution is 6.13. The maximum Gasteiger partial charge on any atom is 0.166 e. The van der Waals surface area contributed by atoms with E-state index < -0.39 is 0 Å². The van der Waals surface area contributed by atoms with Crippen molar-refractivity contribution in [1.29, 1.82) is 0 Å². The zero-order valence-electron chi connectivity index (χ0n) is 24.1. The second-order valence-corrected chi connectivity index (χ2v) is 11.1. The van der Waals surface area contributed by atoms with E-state index in [9.17, 15) is 9.90 Å². The van der Waals surface area contributed by atoms with E-state index in [1.165, 1.54) is 12.8 Å². The van der Waals surface area contributed by atoms with Crippen LogP contribution in [0.15, 0.2) is 121 Å². The summed E-state index contributed by atoms with van der Waals surface area (Å²) in [6.07, 6.45) is 5.81. The van der Waals surface area contributed by atoms with Crippen LogP contribution in [0.4, 0.5) is 0 Å². The first kappa shape index (κ1) is 27.5. The van der Waals surface area contributed by atoms with E-state index in [-0.39, 0.29) is 11.5 Å². The number of ketones is 1. The van der Waals surface area contributed by atoms with Crippen LogP contribution in [0.2, 0.25) is 0 Å². The maximum absolute atomic E-state index is 13.6. The van der Waals surface area contributed by atoms with Gasteiger partial charge in [-0.05, 0) is 74.0 Å². The van der Waals surface area contributed by atoms with Crippen LogP contribution in [0, 0.1) is 0 Å². The number of aromatic hydroxyl groups is 1. The summed E-state index contributed by atoms with van der Waals surface area (Å²) in [5.74, 6) is 0.0806. The predicted octanol–water partition coefficient (Wildman–Crippen LogP) is 11.2. The van der Waals surface area contributed by atoms with E-state index in [0.29, 0.717) is 12.0 Å². The average Bonchev–Trinajstić information content (AvgIpc) is 3.04. The third-order valence-electron chi connectivity index (χ3n) is 8.28. The summed E-state index contributed by atoms with van der Waals surface area (Å²) in [6, 6.07) is 41.6. The molecule has 0 atom stereocenters. The van der Waals surface area contributed by atoms with E-state index in [1.807, 2.05) is 36.4 Å². The summed E-state index contributed by atoms with van der Waals surface area (Å²) in [5, 5.41) is 15.8. The van der Waals surface area contributed by atoms with Gasteiger partial charge >= 0.3 is 0 Å². The molecule has 0 heterocycles. The molecular formula is C40H36O2. The van der Waals surface area contributed by atoms with Gasteiger partial charge in [-0.3, -0.25) is 4.79 Å². The van der Waals surface area contributed by atoms with E-state index in [2.05, 4.69) is 91.9 Å². The Labute approximate surface area is 248 Å². The van der Waals surface area contributed by atoms with Crippen molar-refractivity contribution in [2.24, 2.45) is 0 Å². The fraction of sp³-hybridized carbons (Fsp3) is 0.175. The number of carbonyl (C=O) groups excluding carboxylic acids is 1. The molecule has 0 spiro atoms. The Morgan fingerprint density at radius 3 is 1.86 bits per heavy atom. The number of phenols is 1. The van der Waals surface area contributed by atoms with Crippen molar-refractivity contribution in [1.82, 2.24) is 0 Å². The number of hydrogen-bond acceptors (Lipinski definition) is 2. The lowest BCUT2D eigenvalue weighted by Crippen LogP contribution is -2.01. The minimum absolute atomic E-state index is 0.00358. The van der Waals surface area contributed by atoms with Crippen molar-refractivity contribution < 1.29 is 9.90 Å². The summed E-state index contributed by atoms with van der Waals surface area (Å²) in [4.78, 5) is 13.6. The summed E-state index contributed by atoms with van der Waals surface area (Å²) < 4.78 is 0.